The number of allylic oxidation sites excluding steroid dienone is 10. The van der Waals surface area contributed by atoms with Crippen molar-refractivity contribution < 1.29 is 37.6 Å². The molecule has 0 bridgehead atoms. The zero-order valence-electron chi connectivity index (χ0n) is 32.1. The van der Waals surface area contributed by atoms with Gasteiger partial charge in [0.05, 0.1) is 13.2 Å². The van der Waals surface area contributed by atoms with Crippen molar-refractivity contribution in [3.63, 3.8) is 0 Å². The van der Waals surface area contributed by atoms with E-state index in [-0.39, 0.29) is 32.6 Å². The van der Waals surface area contributed by atoms with Crippen molar-refractivity contribution in [1.82, 2.24) is 0 Å². The first kappa shape index (κ1) is 48.7. The third-order valence-electron chi connectivity index (χ3n) is 7.90. The van der Waals surface area contributed by atoms with E-state index in [1.165, 1.54) is 83.5 Å². The highest BCUT2D eigenvalue weighted by molar-refractivity contribution is 7.47. The SMILES string of the molecule is CCCCCCCC=CCC=CCC=CCCC(=O)OCC(COP(=O)(O)OCCN)OC(=O)CCC=CCC=CCCCCCCCCCC. The molecule has 0 fully saturated rings. The highest BCUT2D eigenvalue weighted by Gasteiger charge is 2.25. The number of hydrogen-bond acceptors (Lipinski definition) is 8. The lowest BCUT2D eigenvalue weighted by molar-refractivity contribution is -0.161. The van der Waals surface area contributed by atoms with Crippen LogP contribution in [0.4, 0.5) is 0 Å². The molecule has 0 spiro atoms. The second-order valence-electron chi connectivity index (χ2n) is 12.8. The lowest BCUT2D eigenvalue weighted by Gasteiger charge is -2.19. The molecular weight excluding hydrogens is 665 g/mol. The molecule has 0 saturated carbocycles. The van der Waals surface area contributed by atoms with Crippen LogP contribution in [0.15, 0.2) is 60.8 Å². The van der Waals surface area contributed by atoms with Gasteiger partial charge in [-0.15, -0.1) is 0 Å². The predicted molar refractivity (Wildman–Crippen MR) is 210 cm³/mol. The molecule has 2 atom stereocenters. The molecule has 0 saturated heterocycles. The largest absolute Gasteiger partial charge is 0.472 e. The Balaban J connectivity index is 4.40. The molecule has 9 nitrogen and oxygen atoms in total. The van der Waals surface area contributed by atoms with Gasteiger partial charge in [0.2, 0.25) is 0 Å². The first-order valence-corrected chi connectivity index (χ1v) is 21.3. The zero-order chi connectivity index (χ0) is 37.5. The fraction of sp³-hybridized carbons (Fsp3) is 0.707. The zero-order valence-corrected chi connectivity index (χ0v) is 33.0. The Bertz CT molecular complexity index is 1020. The third kappa shape index (κ3) is 37.3. The summed E-state index contributed by atoms with van der Waals surface area (Å²) in [7, 11) is -4.40. The van der Waals surface area contributed by atoms with Gasteiger partial charge in [0.1, 0.15) is 6.61 Å². The standard InChI is InChI=1S/C41H72NO8P/c1-3-5-7-9-11-13-15-17-19-21-23-25-27-29-31-33-40(43)47-37-39(38-49-51(45,46)48-36-35-42)50-41(44)34-32-30-28-26-24-22-20-18-16-14-12-10-8-6-4-2/h15,17,21-24,27-30,39H,3-14,16,18-20,25-26,31-38,42H2,1-2H3,(H,45,46). The van der Waals surface area contributed by atoms with Crippen LogP contribution in [0, 0.1) is 0 Å². The normalized spacial score (nSPS) is 14.0. The summed E-state index contributed by atoms with van der Waals surface area (Å²) in [6.07, 6.45) is 42.8. The number of phosphoric ester groups is 1. The predicted octanol–water partition coefficient (Wildman–Crippen LogP) is 10.9. The van der Waals surface area contributed by atoms with Gasteiger partial charge in [0.25, 0.3) is 0 Å². The maximum Gasteiger partial charge on any atom is 0.472 e. The number of carbonyl (C=O) groups is 2. The molecule has 0 rings (SSSR count). The van der Waals surface area contributed by atoms with Crippen molar-refractivity contribution in [2.24, 2.45) is 5.73 Å². The third-order valence-corrected chi connectivity index (χ3v) is 8.89. The van der Waals surface area contributed by atoms with E-state index < -0.39 is 32.5 Å². The second kappa shape index (κ2) is 37.5. The minimum Gasteiger partial charge on any atom is -0.462 e. The van der Waals surface area contributed by atoms with Crippen LogP contribution in [0.1, 0.15) is 155 Å². The van der Waals surface area contributed by atoms with Crippen LogP contribution in [-0.2, 0) is 32.7 Å². The van der Waals surface area contributed by atoms with Crippen LogP contribution in [0.2, 0.25) is 0 Å². The number of rotatable bonds is 36. The minimum absolute atomic E-state index is 0.0356. The number of hydrogen-bond donors (Lipinski definition) is 2. The van der Waals surface area contributed by atoms with E-state index in [4.69, 9.17) is 24.3 Å². The molecule has 0 radical (unpaired) electrons. The van der Waals surface area contributed by atoms with E-state index in [9.17, 15) is 19.0 Å². The summed E-state index contributed by atoms with van der Waals surface area (Å²) in [6, 6.07) is 0. The first-order chi connectivity index (χ1) is 24.8. The topological polar surface area (TPSA) is 134 Å². The van der Waals surface area contributed by atoms with Crippen LogP contribution < -0.4 is 5.73 Å². The lowest BCUT2D eigenvalue weighted by Crippen LogP contribution is -2.29. The molecule has 0 aromatic rings. The Morgan fingerprint density at radius 2 is 1.02 bits per heavy atom. The van der Waals surface area contributed by atoms with Gasteiger partial charge in [-0.3, -0.25) is 18.6 Å². The highest BCUT2D eigenvalue weighted by Crippen LogP contribution is 2.43. The maximum absolute atomic E-state index is 12.5. The van der Waals surface area contributed by atoms with Crippen molar-refractivity contribution >= 4 is 19.8 Å². The Kier molecular flexibility index (Phi) is 35.8. The van der Waals surface area contributed by atoms with E-state index in [2.05, 4.69) is 50.3 Å². The van der Waals surface area contributed by atoms with Crippen LogP contribution in [0.3, 0.4) is 0 Å². The van der Waals surface area contributed by atoms with Crippen LogP contribution in [0.5, 0.6) is 0 Å². The number of phosphoric acid groups is 1. The molecule has 0 amide bonds. The van der Waals surface area contributed by atoms with Gasteiger partial charge < -0.3 is 20.1 Å². The van der Waals surface area contributed by atoms with Crippen molar-refractivity contribution in [3.05, 3.63) is 60.8 Å². The van der Waals surface area contributed by atoms with Gasteiger partial charge in [-0.25, -0.2) is 4.57 Å². The molecule has 0 aliphatic rings. The monoisotopic (exact) mass is 737 g/mol. The molecule has 10 heteroatoms. The average Bonchev–Trinajstić information content (AvgIpc) is 3.11. The summed E-state index contributed by atoms with van der Waals surface area (Å²) in [5.74, 6) is -1.000. The molecule has 0 aliphatic heterocycles. The molecule has 294 valence electrons. The Labute approximate surface area is 310 Å². The van der Waals surface area contributed by atoms with E-state index in [0.717, 1.165) is 32.1 Å². The van der Waals surface area contributed by atoms with Crippen molar-refractivity contribution in [2.45, 2.75) is 161 Å². The summed E-state index contributed by atoms with van der Waals surface area (Å²) in [6.45, 7) is 3.55. The fourth-order valence-electron chi connectivity index (χ4n) is 4.95. The summed E-state index contributed by atoms with van der Waals surface area (Å²) in [4.78, 5) is 34.7. The lowest BCUT2D eigenvalue weighted by atomic mass is 10.1. The number of unbranched alkanes of at least 4 members (excludes halogenated alkanes) is 13. The highest BCUT2D eigenvalue weighted by atomic mass is 31.2. The summed E-state index contributed by atoms with van der Waals surface area (Å²) in [5, 5.41) is 0. The second-order valence-corrected chi connectivity index (χ2v) is 14.2. The molecule has 0 aliphatic carbocycles. The molecule has 0 aromatic carbocycles. The van der Waals surface area contributed by atoms with Crippen molar-refractivity contribution in [3.8, 4) is 0 Å². The first-order valence-electron chi connectivity index (χ1n) is 19.8. The van der Waals surface area contributed by atoms with E-state index in [0.29, 0.717) is 12.8 Å². The van der Waals surface area contributed by atoms with E-state index in [1.807, 2.05) is 24.3 Å². The van der Waals surface area contributed by atoms with Gasteiger partial charge in [-0.2, -0.15) is 0 Å². The van der Waals surface area contributed by atoms with Gasteiger partial charge in [0.15, 0.2) is 6.10 Å². The fourth-order valence-corrected chi connectivity index (χ4v) is 5.72. The summed E-state index contributed by atoms with van der Waals surface area (Å²) >= 11 is 0. The maximum atomic E-state index is 12.5. The van der Waals surface area contributed by atoms with Crippen LogP contribution in [-0.4, -0.2) is 49.3 Å². The van der Waals surface area contributed by atoms with Crippen LogP contribution >= 0.6 is 7.82 Å². The molecule has 0 aromatic heterocycles. The Hall–Kier alpha value is -2.29. The average molecular weight is 738 g/mol. The van der Waals surface area contributed by atoms with Crippen LogP contribution in [0.25, 0.3) is 0 Å². The van der Waals surface area contributed by atoms with Gasteiger partial charge in [0, 0.05) is 19.4 Å². The molecule has 2 unspecified atom stereocenters. The Morgan fingerprint density at radius 1 is 0.588 bits per heavy atom. The minimum atomic E-state index is -4.40. The number of carbonyl (C=O) groups excluding carboxylic acids is 2. The number of nitrogens with two attached hydrogens (primary N) is 1. The summed E-state index contributed by atoms with van der Waals surface area (Å²) < 4.78 is 32.5. The van der Waals surface area contributed by atoms with E-state index in [1.54, 1.807) is 0 Å². The van der Waals surface area contributed by atoms with Crippen molar-refractivity contribution in [2.75, 3.05) is 26.4 Å². The van der Waals surface area contributed by atoms with Crippen molar-refractivity contribution in [1.29, 1.82) is 0 Å². The molecule has 51 heavy (non-hydrogen) atoms. The smallest absolute Gasteiger partial charge is 0.462 e. The van der Waals surface area contributed by atoms with E-state index >= 15 is 0 Å². The molecule has 3 N–H and O–H groups in total. The number of ether oxygens (including phenoxy) is 2. The molecule has 0 heterocycles. The Morgan fingerprint density at radius 3 is 1.51 bits per heavy atom. The van der Waals surface area contributed by atoms with Gasteiger partial charge in [-0.05, 0) is 57.8 Å². The molecular formula is C41H72NO8P. The number of esters is 2. The summed E-state index contributed by atoms with van der Waals surface area (Å²) in [5.41, 5.74) is 5.32. The van der Waals surface area contributed by atoms with Gasteiger partial charge in [-0.1, -0.05) is 145 Å². The van der Waals surface area contributed by atoms with Gasteiger partial charge >= 0.3 is 19.8 Å². The quantitative estimate of drug-likeness (QED) is 0.0279.